The average Bonchev–Trinajstić information content (AvgIpc) is 2.66. The molecular formula is C21H22BrNO4. The number of anilines is 1. The summed E-state index contributed by atoms with van der Waals surface area (Å²) in [5.74, 6) is -0.0131. The molecule has 0 radical (unpaired) electrons. The first-order chi connectivity index (χ1) is 13.0. The maximum absolute atomic E-state index is 12.2. The Morgan fingerprint density at radius 1 is 1.15 bits per heavy atom. The number of hydrogen-bond donors (Lipinski definition) is 1. The van der Waals surface area contributed by atoms with E-state index in [1.54, 1.807) is 30.3 Å². The van der Waals surface area contributed by atoms with Crippen LogP contribution in [0.2, 0.25) is 0 Å². The number of carbonyl (C=O) groups is 2. The van der Waals surface area contributed by atoms with E-state index >= 15 is 0 Å². The van der Waals surface area contributed by atoms with E-state index in [9.17, 15) is 9.59 Å². The van der Waals surface area contributed by atoms with Gasteiger partial charge in [-0.15, -0.1) is 0 Å². The van der Waals surface area contributed by atoms with Gasteiger partial charge in [-0.2, -0.15) is 0 Å². The number of carbonyl (C=O) groups excluding carboxylic acids is 2. The first kappa shape index (κ1) is 20.7. The number of ether oxygens (including phenoxy) is 2. The Hall–Kier alpha value is -2.60. The Morgan fingerprint density at radius 3 is 2.70 bits per heavy atom. The quantitative estimate of drug-likeness (QED) is 0.468. The first-order valence-corrected chi connectivity index (χ1v) is 9.51. The number of rotatable bonds is 8. The molecule has 2 aromatic carbocycles. The van der Waals surface area contributed by atoms with Crippen LogP contribution in [0, 0.1) is 0 Å². The summed E-state index contributed by atoms with van der Waals surface area (Å²) in [5, 5.41) is 2.74. The van der Waals surface area contributed by atoms with Crippen molar-refractivity contribution in [2.75, 3.05) is 18.5 Å². The molecule has 2 rings (SSSR count). The van der Waals surface area contributed by atoms with E-state index < -0.39 is 5.97 Å². The largest absolute Gasteiger partial charge is 0.493 e. The summed E-state index contributed by atoms with van der Waals surface area (Å²) in [6.45, 7) is 4.74. The zero-order valence-electron chi connectivity index (χ0n) is 15.3. The Labute approximate surface area is 167 Å². The van der Waals surface area contributed by atoms with Crippen molar-refractivity contribution in [2.24, 2.45) is 0 Å². The summed E-state index contributed by atoms with van der Waals surface area (Å²) in [6.07, 6.45) is 3.86. The van der Waals surface area contributed by atoms with Gasteiger partial charge in [0.15, 0.2) is 0 Å². The summed E-state index contributed by atoms with van der Waals surface area (Å²) in [6, 6.07) is 12.3. The number of amides is 1. The molecule has 0 saturated heterocycles. The van der Waals surface area contributed by atoms with Crippen molar-refractivity contribution < 1.29 is 19.1 Å². The van der Waals surface area contributed by atoms with Gasteiger partial charge in [0.1, 0.15) is 5.75 Å². The van der Waals surface area contributed by atoms with Gasteiger partial charge in [-0.3, -0.25) is 4.79 Å². The average molecular weight is 432 g/mol. The van der Waals surface area contributed by atoms with E-state index in [4.69, 9.17) is 9.47 Å². The zero-order valence-corrected chi connectivity index (χ0v) is 16.9. The number of hydrogen-bond acceptors (Lipinski definition) is 4. The number of esters is 1. The molecule has 0 bridgehead atoms. The van der Waals surface area contributed by atoms with E-state index in [-0.39, 0.29) is 5.91 Å². The molecule has 6 heteroatoms. The molecule has 0 aliphatic carbocycles. The standard InChI is InChI=1S/C21H22BrNO4/c1-3-12-27-21(25)16-6-5-7-18(14-16)23-20(24)11-8-15-13-17(22)9-10-19(15)26-4-2/h5-11,13-14H,3-4,12H2,1-2H3,(H,23,24)/b11-8+. The molecule has 1 amide bonds. The summed E-state index contributed by atoms with van der Waals surface area (Å²) in [4.78, 5) is 24.1. The van der Waals surface area contributed by atoms with Gasteiger partial charge >= 0.3 is 5.97 Å². The predicted octanol–water partition coefficient (Wildman–Crippen LogP) is 5.07. The van der Waals surface area contributed by atoms with Crippen molar-refractivity contribution in [3.8, 4) is 5.75 Å². The smallest absolute Gasteiger partial charge is 0.338 e. The van der Waals surface area contributed by atoms with E-state index in [2.05, 4.69) is 21.2 Å². The second kappa shape index (κ2) is 10.5. The zero-order chi connectivity index (χ0) is 19.6. The maximum atomic E-state index is 12.2. The van der Waals surface area contributed by atoms with Crippen molar-refractivity contribution in [2.45, 2.75) is 20.3 Å². The van der Waals surface area contributed by atoms with E-state index in [1.807, 2.05) is 32.0 Å². The van der Waals surface area contributed by atoms with Crippen LogP contribution < -0.4 is 10.1 Å². The Bertz CT molecular complexity index is 833. The Balaban J connectivity index is 2.07. The minimum Gasteiger partial charge on any atom is -0.493 e. The lowest BCUT2D eigenvalue weighted by Gasteiger charge is -2.08. The molecule has 0 aromatic heterocycles. The fourth-order valence-corrected chi connectivity index (χ4v) is 2.67. The van der Waals surface area contributed by atoms with Gasteiger partial charge in [-0.25, -0.2) is 4.79 Å². The van der Waals surface area contributed by atoms with Crippen LogP contribution in [0.4, 0.5) is 5.69 Å². The highest BCUT2D eigenvalue weighted by Gasteiger charge is 2.08. The molecule has 2 aromatic rings. The molecule has 0 fully saturated rings. The lowest BCUT2D eigenvalue weighted by Crippen LogP contribution is -2.10. The third kappa shape index (κ3) is 6.57. The minimum atomic E-state index is -0.404. The van der Waals surface area contributed by atoms with E-state index in [0.717, 1.165) is 16.5 Å². The number of benzene rings is 2. The molecule has 0 atom stereocenters. The van der Waals surface area contributed by atoms with Gasteiger partial charge < -0.3 is 14.8 Å². The molecule has 0 aliphatic rings. The second-order valence-corrected chi connectivity index (χ2v) is 6.57. The molecule has 1 N–H and O–H groups in total. The lowest BCUT2D eigenvalue weighted by atomic mass is 10.2. The first-order valence-electron chi connectivity index (χ1n) is 8.72. The van der Waals surface area contributed by atoms with Gasteiger partial charge in [0, 0.05) is 21.8 Å². The minimum absolute atomic E-state index is 0.309. The monoisotopic (exact) mass is 431 g/mol. The van der Waals surface area contributed by atoms with Gasteiger partial charge in [-0.1, -0.05) is 28.9 Å². The normalized spacial score (nSPS) is 10.6. The van der Waals surface area contributed by atoms with Crippen LogP contribution in [-0.2, 0) is 9.53 Å². The van der Waals surface area contributed by atoms with E-state index in [0.29, 0.717) is 30.2 Å². The highest BCUT2D eigenvalue weighted by Crippen LogP contribution is 2.24. The summed E-state index contributed by atoms with van der Waals surface area (Å²) >= 11 is 3.41. The molecule has 0 aliphatic heterocycles. The molecular weight excluding hydrogens is 410 g/mol. The fraction of sp³-hybridized carbons (Fsp3) is 0.238. The van der Waals surface area contributed by atoms with Crippen molar-refractivity contribution >= 4 is 39.6 Å². The van der Waals surface area contributed by atoms with Gasteiger partial charge in [-0.05, 0) is 55.8 Å². The molecule has 0 saturated carbocycles. The summed E-state index contributed by atoms with van der Waals surface area (Å²) in [7, 11) is 0. The molecule has 5 nitrogen and oxygen atoms in total. The van der Waals surface area contributed by atoms with Crippen molar-refractivity contribution in [3.63, 3.8) is 0 Å². The van der Waals surface area contributed by atoms with Gasteiger partial charge in [0.2, 0.25) is 5.91 Å². The van der Waals surface area contributed by atoms with Crippen molar-refractivity contribution in [1.82, 2.24) is 0 Å². The Morgan fingerprint density at radius 2 is 1.96 bits per heavy atom. The summed E-state index contributed by atoms with van der Waals surface area (Å²) < 4.78 is 11.6. The van der Waals surface area contributed by atoms with Gasteiger partial charge in [0.05, 0.1) is 18.8 Å². The Kier molecular flexibility index (Phi) is 8.07. The van der Waals surface area contributed by atoms with Crippen molar-refractivity contribution in [1.29, 1.82) is 0 Å². The van der Waals surface area contributed by atoms with Crippen LogP contribution in [0.25, 0.3) is 6.08 Å². The molecule has 0 heterocycles. The number of nitrogens with one attached hydrogen (secondary N) is 1. The molecule has 0 spiro atoms. The fourth-order valence-electron chi connectivity index (χ4n) is 2.29. The van der Waals surface area contributed by atoms with E-state index in [1.165, 1.54) is 6.08 Å². The predicted molar refractivity (Wildman–Crippen MR) is 110 cm³/mol. The van der Waals surface area contributed by atoms with Crippen LogP contribution >= 0.6 is 15.9 Å². The second-order valence-electron chi connectivity index (χ2n) is 5.65. The topological polar surface area (TPSA) is 64.6 Å². The molecule has 27 heavy (non-hydrogen) atoms. The highest BCUT2D eigenvalue weighted by atomic mass is 79.9. The highest BCUT2D eigenvalue weighted by molar-refractivity contribution is 9.10. The van der Waals surface area contributed by atoms with Crippen LogP contribution in [-0.4, -0.2) is 25.1 Å². The van der Waals surface area contributed by atoms with Crippen LogP contribution in [0.1, 0.15) is 36.2 Å². The lowest BCUT2D eigenvalue weighted by molar-refractivity contribution is -0.111. The van der Waals surface area contributed by atoms with Crippen LogP contribution in [0.3, 0.4) is 0 Å². The van der Waals surface area contributed by atoms with Gasteiger partial charge in [0.25, 0.3) is 0 Å². The number of halogens is 1. The summed E-state index contributed by atoms with van der Waals surface area (Å²) in [5.41, 5.74) is 1.71. The SMILES string of the molecule is CCCOC(=O)c1cccc(NC(=O)/C=C/c2cc(Br)ccc2OCC)c1. The molecule has 0 unspecified atom stereocenters. The van der Waals surface area contributed by atoms with Crippen molar-refractivity contribution in [3.05, 3.63) is 64.1 Å². The van der Waals surface area contributed by atoms with Crippen LogP contribution in [0.15, 0.2) is 53.0 Å². The third-order valence-electron chi connectivity index (χ3n) is 3.49. The molecule has 142 valence electrons. The third-order valence-corrected chi connectivity index (χ3v) is 3.98. The van der Waals surface area contributed by atoms with Crippen LogP contribution in [0.5, 0.6) is 5.75 Å². The maximum Gasteiger partial charge on any atom is 0.338 e.